The standard InChI is InChI=1S/C20H23NO2/c1-13(2)15(4)21-20(23)18-8-6-5-7-17(18)19(22)16-11-9-14(3)10-12-16/h5-13,15H,1-4H3,(H,21,23). The first kappa shape index (κ1) is 16.9. The molecular weight excluding hydrogens is 286 g/mol. The molecule has 0 saturated carbocycles. The molecule has 0 radical (unpaired) electrons. The number of amides is 1. The highest BCUT2D eigenvalue weighted by molar-refractivity contribution is 6.15. The largest absolute Gasteiger partial charge is 0.349 e. The fourth-order valence-electron chi connectivity index (χ4n) is 2.19. The molecule has 0 saturated heterocycles. The molecule has 0 aliphatic carbocycles. The van der Waals surface area contributed by atoms with Crippen molar-refractivity contribution >= 4 is 11.7 Å². The van der Waals surface area contributed by atoms with Crippen molar-refractivity contribution in [1.29, 1.82) is 0 Å². The van der Waals surface area contributed by atoms with E-state index in [0.717, 1.165) is 5.56 Å². The van der Waals surface area contributed by atoms with Crippen LogP contribution in [0.15, 0.2) is 48.5 Å². The van der Waals surface area contributed by atoms with Crippen LogP contribution in [0.5, 0.6) is 0 Å². The van der Waals surface area contributed by atoms with Crippen LogP contribution in [0.1, 0.15) is 52.6 Å². The lowest BCUT2D eigenvalue weighted by Crippen LogP contribution is -2.36. The zero-order chi connectivity index (χ0) is 17.0. The molecule has 120 valence electrons. The van der Waals surface area contributed by atoms with E-state index in [1.165, 1.54) is 0 Å². The van der Waals surface area contributed by atoms with Crippen LogP contribution in [0.4, 0.5) is 0 Å². The van der Waals surface area contributed by atoms with Gasteiger partial charge in [-0.05, 0) is 25.8 Å². The van der Waals surface area contributed by atoms with Gasteiger partial charge in [0.25, 0.3) is 5.91 Å². The Morgan fingerprint density at radius 2 is 1.43 bits per heavy atom. The third-order valence-corrected chi connectivity index (χ3v) is 4.09. The summed E-state index contributed by atoms with van der Waals surface area (Å²) in [5, 5.41) is 2.96. The summed E-state index contributed by atoms with van der Waals surface area (Å²) < 4.78 is 0. The van der Waals surface area contributed by atoms with Crippen LogP contribution >= 0.6 is 0 Å². The van der Waals surface area contributed by atoms with Crippen molar-refractivity contribution in [2.45, 2.75) is 33.7 Å². The SMILES string of the molecule is Cc1ccc(C(=O)c2ccccc2C(=O)NC(C)C(C)C)cc1. The molecule has 1 atom stereocenters. The van der Waals surface area contributed by atoms with Gasteiger partial charge in [0.2, 0.25) is 0 Å². The predicted molar refractivity (Wildman–Crippen MR) is 92.8 cm³/mol. The summed E-state index contributed by atoms with van der Waals surface area (Å²) in [6, 6.07) is 14.4. The summed E-state index contributed by atoms with van der Waals surface area (Å²) in [4.78, 5) is 25.2. The smallest absolute Gasteiger partial charge is 0.252 e. The maximum absolute atomic E-state index is 12.7. The van der Waals surface area contributed by atoms with E-state index in [1.807, 2.05) is 39.8 Å². The van der Waals surface area contributed by atoms with E-state index in [1.54, 1.807) is 36.4 Å². The van der Waals surface area contributed by atoms with Crippen LogP contribution in [0, 0.1) is 12.8 Å². The Morgan fingerprint density at radius 1 is 0.870 bits per heavy atom. The maximum atomic E-state index is 12.7. The number of hydrogen-bond donors (Lipinski definition) is 1. The summed E-state index contributed by atoms with van der Waals surface area (Å²) >= 11 is 0. The molecule has 1 unspecified atom stereocenters. The Balaban J connectivity index is 2.32. The first-order valence-electron chi connectivity index (χ1n) is 7.91. The van der Waals surface area contributed by atoms with Crippen molar-refractivity contribution in [2.75, 3.05) is 0 Å². The first-order chi connectivity index (χ1) is 10.9. The third kappa shape index (κ3) is 4.07. The normalized spacial score (nSPS) is 12.0. The highest BCUT2D eigenvalue weighted by Gasteiger charge is 2.19. The van der Waals surface area contributed by atoms with Crippen molar-refractivity contribution in [3.05, 3.63) is 70.8 Å². The van der Waals surface area contributed by atoms with Gasteiger partial charge in [0, 0.05) is 17.2 Å². The molecule has 0 spiro atoms. The molecule has 0 aliphatic rings. The van der Waals surface area contributed by atoms with Gasteiger partial charge in [0.05, 0.1) is 5.56 Å². The van der Waals surface area contributed by atoms with Crippen molar-refractivity contribution in [1.82, 2.24) is 5.32 Å². The van der Waals surface area contributed by atoms with Crippen molar-refractivity contribution < 1.29 is 9.59 Å². The molecule has 0 fully saturated rings. The molecule has 3 nitrogen and oxygen atoms in total. The zero-order valence-corrected chi connectivity index (χ0v) is 14.1. The van der Waals surface area contributed by atoms with E-state index < -0.39 is 0 Å². The topological polar surface area (TPSA) is 46.2 Å². The number of nitrogens with one attached hydrogen (secondary N) is 1. The van der Waals surface area contributed by atoms with Crippen LogP contribution in [0.2, 0.25) is 0 Å². The van der Waals surface area contributed by atoms with Gasteiger partial charge in [-0.25, -0.2) is 0 Å². The molecule has 3 heteroatoms. The van der Waals surface area contributed by atoms with E-state index in [2.05, 4.69) is 5.32 Å². The van der Waals surface area contributed by atoms with E-state index in [0.29, 0.717) is 22.6 Å². The summed E-state index contributed by atoms with van der Waals surface area (Å²) in [6.45, 7) is 8.04. The molecule has 2 aromatic carbocycles. The number of aryl methyl sites for hydroxylation is 1. The average Bonchev–Trinajstić information content (AvgIpc) is 2.54. The Bertz CT molecular complexity index is 702. The summed E-state index contributed by atoms with van der Waals surface area (Å²) in [5.74, 6) is -0.00544. The van der Waals surface area contributed by atoms with Gasteiger partial charge in [-0.15, -0.1) is 0 Å². The summed E-state index contributed by atoms with van der Waals surface area (Å²) in [5.41, 5.74) is 2.54. The second-order valence-electron chi connectivity index (χ2n) is 6.25. The number of carbonyl (C=O) groups is 2. The molecule has 0 heterocycles. The monoisotopic (exact) mass is 309 g/mol. The number of ketones is 1. The van der Waals surface area contributed by atoms with Crippen LogP contribution in [0.3, 0.4) is 0 Å². The molecule has 23 heavy (non-hydrogen) atoms. The van der Waals surface area contributed by atoms with Crippen LogP contribution in [-0.2, 0) is 0 Å². The zero-order valence-electron chi connectivity index (χ0n) is 14.1. The molecule has 1 N–H and O–H groups in total. The number of hydrogen-bond acceptors (Lipinski definition) is 2. The van der Waals surface area contributed by atoms with Crippen molar-refractivity contribution in [2.24, 2.45) is 5.92 Å². The second-order valence-corrected chi connectivity index (χ2v) is 6.25. The average molecular weight is 309 g/mol. The van der Waals surface area contributed by atoms with E-state index in [-0.39, 0.29) is 17.7 Å². The minimum Gasteiger partial charge on any atom is -0.349 e. The van der Waals surface area contributed by atoms with Crippen LogP contribution in [0.25, 0.3) is 0 Å². The van der Waals surface area contributed by atoms with Crippen LogP contribution < -0.4 is 5.32 Å². The Kier molecular flexibility index (Phi) is 5.32. The van der Waals surface area contributed by atoms with E-state index >= 15 is 0 Å². The van der Waals surface area contributed by atoms with Gasteiger partial charge in [0.15, 0.2) is 5.78 Å². The fourth-order valence-corrected chi connectivity index (χ4v) is 2.19. The van der Waals surface area contributed by atoms with Gasteiger partial charge in [-0.1, -0.05) is 61.9 Å². The predicted octanol–water partition coefficient (Wildman–Crippen LogP) is 4.00. The van der Waals surface area contributed by atoms with E-state index in [4.69, 9.17) is 0 Å². The van der Waals surface area contributed by atoms with E-state index in [9.17, 15) is 9.59 Å². The van der Waals surface area contributed by atoms with Gasteiger partial charge >= 0.3 is 0 Å². The minimum absolute atomic E-state index is 0.0463. The summed E-state index contributed by atoms with van der Waals surface area (Å²) in [7, 11) is 0. The first-order valence-corrected chi connectivity index (χ1v) is 7.91. The third-order valence-electron chi connectivity index (χ3n) is 4.09. The number of carbonyl (C=O) groups excluding carboxylic acids is 2. The highest BCUT2D eigenvalue weighted by atomic mass is 16.2. The number of rotatable bonds is 5. The second kappa shape index (κ2) is 7.23. The maximum Gasteiger partial charge on any atom is 0.252 e. The van der Waals surface area contributed by atoms with Crippen molar-refractivity contribution in [3.63, 3.8) is 0 Å². The summed E-state index contributed by atoms with van der Waals surface area (Å²) in [6.07, 6.45) is 0. The van der Waals surface area contributed by atoms with Crippen LogP contribution in [-0.4, -0.2) is 17.7 Å². The number of benzene rings is 2. The quantitative estimate of drug-likeness (QED) is 0.849. The lowest BCUT2D eigenvalue weighted by molar-refractivity contribution is 0.0921. The van der Waals surface area contributed by atoms with Gasteiger partial charge in [0.1, 0.15) is 0 Å². The molecule has 0 aliphatic heterocycles. The highest BCUT2D eigenvalue weighted by Crippen LogP contribution is 2.16. The van der Waals surface area contributed by atoms with Crippen molar-refractivity contribution in [3.8, 4) is 0 Å². The lowest BCUT2D eigenvalue weighted by atomic mass is 9.96. The molecule has 1 amide bonds. The van der Waals surface area contributed by atoms with Gasteiger partial charge in [-0.2, -0.15) is 0 Å². The molecule has 2 rings (SSSR count). The minimum atomic E-state index is -0.206. The molecular formula is C20H23NO2. The lowest BCUT2D eigenvalue weighted by Gasteiger charge is -2.18. The Hall–Kier alpha value is -2.42. The molecule has 0 bridgehead atoms. The van der Waals surface area contributed by atoms with Gasteiger partial charge < -0.3 is 5.32 Å². The fraction of sp³-hybridized carbons (Fsp3) is 0.300. The Labute approximate surface area is 137 Å². The Morgan fingerprint density at radius 3 is 2.00 bits per heavy atom. The molecule has 0 aromatic heterocycles. The molecule has 2 aromatic rings. The van der Waals surface area contributed by atoms with Gasteiger partial charge in [-0.3, -0.25) is 9.59 Å².